The normalized spacial score (nSPS) is 11.3. The summed E-state index contributed by atoms with van der Waals surface area (Å²) in [5, 5.41) is 5.46. The lowest BCUT2D eigenvalue weighted by atomic mass is 10.0. The van der Waals surface area contributed by atoms with E-state index >= 15 is 0 Å². The molecule has 24 heavy (non-hydrogen) atoms. The Kier molecular flexibility index (Phi) is 4.29. The molecule has 0 radical (unpaired) electrons. The molecule has 3 rings (SSSR count). The van der Waals surface area contributed by atoms with Gasteiger partial charge in [0.05, 0.1) is 11.1 Å². The molecule has 0 atom stereocenters. The van der Waals surface area contributed by atoms with Gasteiger partial charge in [-0.05, 0) is 30.5 Å². The van der Waals surface area contributed by atoms with Crippen LogP contribution in [-0.2, 0) is 6.42 Å². The maximum Gasteiger partial charge on any atom is 0.163 e. The van der Waals surface area contributed by atoms with Crippen LogP contribution in [0.3, 0.4) is 0 Å². The molecule has 1 aromatic carbocycles. The van der Waals surface area contributed by atoms with Gasteiger partial charge in [-0.1, -0.05) is 30.8 Å². The Morgan fingerprint density at radius 2 is 2.12 bits per heavy atom. The van der Waals surface area contributed by atoms with Gasteiger partial charge >= 0.3 is 0 Å². The number of nitrogens with two attached hydrogens (primary N) is 1. The first-order chi connectivity index (χ1) is 11.5. The zero-order valence-corrected chi connectivity index (χ0v) is 13.8. The van der Waals surface area contributed by atoms with Crippen molar-refractivity contribution in [1.82, 2.24) is 19.7 Å². The van der Waals surface area contributed by atoms with E-state index in [1.165, 1.54) is 6.33 Å². The van der Waals surface area contributed by atoms with Gasteiger partial charge < -0.3 is 5.73 Å². The molecule has 2 aromatic heterocycles. The van der Waals surface area contributed by atoms with Crippen LogP contribution in [0.15, 0.2) is 37.2 Å². The molecule has 0 unspecified atom stereocenters. The minimum absolute atomic E-state index is 0.160. The van der Waals surface area contributed by atoms with E-state index in [9.17, 15) is 4.39 Å². The van der Waals surface area contributed by atoms with Crippen molar-refractivity contribution < 1.29 is 4.39 Å². The Balaban J connectivity index is 2.06. The van der Waals surface area contributed by atoms with Crippen LogP contribution in [0, 0.1) is 0 Å². The van der Waals surface area contributed by atoms with Crippen LogP contribution in [0.5, 0.6) is 0 Å². The molecule has 0 amide bonds. The van der Waals surface area contributed by atoms with E-state index < -0.39 is 6.67 Å². The number of aromatic nitrogens is 4. The van der Waals surface area contributed by atoms with E-state index in [2.05, 4.69) is 21.6 Å². The molecule has 0 aliphatic carbocycles. The molecule has 0 fully saturated rings. The summed E-state index contributed by atoms with van der Waals surface area (Å²) in [4.78, 5) is 8.42. The van der Waals surface area contributed by atoms with Gasteiger partial charge in [-0.25, -0.2) is 19.0 Å². The number of rotatable bonds is 5. The van der Waals surface area contributed by atoms with Crippen LogP contribution in [0.1, 0.15) is 36.7 Å². The topological polar surface area (TPSA) is 69.6 Å². The molecule has 124 valence electrons. The van der Waals surface area contributed by atoms with Crippen LogP contribution in [0.25, 0.3) is 16.6 Å². The molecular formula is C18H20FN5. The average Bonchev–Trinajstić information content (AvgIpc) is 2.94. The van der Waals surface area contributed by atoms with Crippen molar-refractivity contribution in [3.63, 3.8) is 0 Å². The number of nitrogen functional groups attached to an aromatic ring is 1. The van der Waals surface area contributed by atoms with E-state index in [0.717, 1.165) is 27.9 Å². The maximum atomic E-state index is 12.8. The molecule has 6 heteroatoms. The third-order valence-corrected chi connectivity index (χ3v) is 3.95. The molecule has 0 saturated heterocycles. The molecule has 0 aliphatic heterocycles. The van der Waals surface area contributed by atoms with Crippen molar-refractivity contribution >= 4 is 22.4 Å². The van der Waals surface area contributed by atoms with Gasteiger partial charge in [-0.3, -0.25) is 0 Å². The highest BCUT2D eigenvalue weighted by Crippen LogP contribution is 2.26. The zero-order chi connectivity index (χ0) is 17.3. The van der Waals surface area contributed by atoms with E-state index in [1.807, 2.05) is 42.8 Å². The second-order valence-electron chi connectivity index (χ2n) is 6.06. The van der Waals surface area contributed by atoms with Crippen molar-refractivity contribution in [2.24, 2.45) is 0 Å². The predicted molar refractivity (Wildman–Crippen MR) is 94.4 cm³/mol. The van der Waals surface area contributed by atoms with Crippen molar-refractivity contribution in [3.05, 3.63) is 54.0 Å². The Hall–Kier alpha value is -2.76. The van der Waals surface area contributed by atoms with E-state index in [4.69, 9.17) is 5.73 Å². The molecule has 0 saturated carbocycles. The largest absolute Gasteiger partial charge is 0.383 e. The molecule has 0 bridgehead atoms. The fourth-order valence-corrected chi connectivity index (χ4v) is 2.72. The highest BCUT2D eigenvalue weighted by Gasteiger charge is 2.17. The summed E-state index contributed by atoms with van der Waals surface area (Å²) in [5.41, 5.74) is 9.89. The average molecular weight is 325 g/mol. The predicted octanol–water partition coefficient (Wildman–Crippen LogP) is 3.56. The molecule has 2 N–H and O–H groups in total. The smallest absolute Gasteiger partial charge is 0.163 e. The summed E-state index contributed by atoms with van der Waals surface area (Å²) < 4.78 is 14.7. The third-order valence-electron chi connectivity index (χ3n) is 3.95. The van der Waals surface area contributed by atoms with E-state index in [-0.39, 0.29) is 6.04 Å². The summed E-state index contributed by atoms with van der Waals surface area (Å²) in [7, 11) is 0. The van der Waals surface area contributed by atoms with Gasteiger partial charge in [0.1, 0.15) is 18.8 Å². The fraction of sp³-hybridized carbons (Fsp3) is 0.278. The number of fused-ring (bicyclic) bond motifs is 1. The van der Waals surface area contributed by atoms with Crippen molar-refractivity contribution in [1.29, 1.82) is 0 Å². The van der Waals surface area contributed by atoms with Gasteiger partial charge in [0.25, 0.3) is 0 Å². The first kappa shape index (κ1) is 16.1. The van der Waals surface area contributed by atoms with Gasteiger partial charge in [-0.2, -0.15) is 5.10 Å². The second-order valence-corrected chi connectivity index (χ2v) is 6.06. The monoisotopic (exact) mass is 325 g/mol. The minimum atomic E-state index is -0.560. The summed E-state index contributed by atoms with van der Waals surface area (Å²) in [6.07, 6.45) is 2.02. The summed E-state index contributed by atoms with van der Waals surface area (Å²) >= 11 is 0. The van der Waals surface area contributed by atoms with Gasteiger partial charge in [0.15, 0.2) is 5.65 Å². The maximum absolute atomic E-state index is 12.8. The Morgan fingerprint density at radius 3 is 2.83 bits per heavy atom. The van der Waals surface area contributed by atoms with Crippen LogP contribution >= 0.6 is 0 Å². The number of hydrogen-bond donors (Lipinski definition) is 1. The number of benzene rings is 1. The fourth-order valence-electron chi connectivity index (χ4n) is 2.72. The lowest BCUT2D eigenvalue weighted by molar-refractivity contribution is 0.541. The summed E-state index contributed by atoms with van der Waals surface area (Å²) in [6, 6.07) is 7.83. The number of alkyl halides is 1. The highest BCUT2D eigenvalue weighted by atomic mass is 19.1. The second kappa shape index (κ2) is 6.39. The highest BCUT2D eigenvalue weighted by molar-refractivity contribution is 5.88. The summed E-state index contributed by atoms with van der Waals surface area (Å²) in [6.45, 7) is 7.27. The first-order valence-corrected chi connectivity index (χ1v) is 7.82. The van der Waals surface area contributed by atoms with Crippen LogP contribution < -0.4 is 5.73 Å². The van der Waals surface area contributed by atoms with Gasteiger partial charge in [0.2, 0.25) is 0 Å². The zero-order valence-electron chi connectivity index (χ0n) is 13.8. The molecule has 2 heterocycles. The molecule has 3 aromatic rings. The van der Waals surface area contributed by atoms with Crippen LogP contribution in [0.2, 0.25) is 0 Å². The number of anilines is 1. The minimum Gasteiger partial charge on any atom is -0.383 e. The van der Waals surface area contributed by atoms with Crippen molar-refractivity contribution in [2.45, 2.75) is 26.3 Å². The van der Waals surface area contributed by atoms with Crippen LogP contribution in [-0.4, -0.2) is 26.4 Å². The van der Waals surface area contributed by atoms with Gasteiger partial charge in [0, 0.05) is 12.5 Å². The standard InChI is InChI=1S/C18H20FN5/c1-11(2)24-18-16(17(20)21-10-22-18)15(23-24)8-13-5-4-6-14(7-13)12(3)9-19/h4-7,10-11H,3,8-9H2,1-2H3,(H2,20,21,22). The number of halogens is 1. The third kappa shape index (κ3) is 2.87. The molecule has 0 aliphatic rings. The summed E-state index contributed by atoms with van der Waals surface area (Å²) in [5.74, 6) is 0.422. The number of hydrogen-bond acceptors (Lipinski definition) is 4. The number of allylic oxidation sites excluding steroid dienone is 1. The lowest BCUT2D eigenvalue weighted by Gasteiger charge is -2.06. The quantitative estimate of drug-likeness (QED) is 0.778. The SMILES string of the molecule is C=C(CF)c1cccc(Cc2nn(C(C)C)c3ncnc(N)c23)c1. The Bertz CT molecular complexity index is 898. The first-order valence-electron chi connectivity index (χ1n) is 7.82. The van der Waals surface area contributed by atoms with Crippen molar-refractivity contribution in [2.75, 3.05) is 12.4 Å². The van der Waals surface area contributed by atoms with E-state index in [0.29, 0.717) is 17.8 Å². The van der Waals surface area contributed by atoms with Gasteiger partial charge in [-0.15, -0.1) is 0 Å². The lowest BCUT2D eigenvalue weighted by Crippen LogP contribution is -2.04. The molecular weight excluding hydrogens is 305 g/mol. The Morgan fingerprint density at radius 1 is 1.33 bits per heavy atom. The number of nitrogens with zero attached hydrogens (tertiary/aromatic N) is 4. The van der Waals surface area contributed by atoms with E-state index in [1.54, 1.807) is 0 Å². The van der Waals surface area contributed by atoms with Crippen molar-refractivity contribution in [3.8, 4) is 0 Å². The van der Waals surface area contributed by atoms with Crippen LogP contribution in [0.4, 0.5) is 10.2 Å². The molecule has 0 spiro atoms. The Labute approximate surface area is 140 Å². The molecule has 5 nitrogen and oxygen atoms in total.